The summed E-state index contributed by atoms with van der Waals surface area (Å²) in [4.78, 5) is 20.1. The summed E-state index contributed by atoms with van der Waals surface area (Å²) in [6.07, 6.45) is 3.58. The molecule has 0 bridgehead atoms. The first-order valence-electron chi connectivity index (χ1n) is 15.9. The summed E-state index contributed by atoms with van der Waals surface area (Å²) in [6.45, 7) is 0. The molecule has 1 aliphatic carbocycles. The molecule has 0 aliphatic heterocycles. The number of nitrogens with zero attached hydrogens (tertiary/aromatic N) is 4. The van der Waals surface area contributed by atoms with Crippen molar-refractivity contribution in [3.05, 3.63) is 134 Å². The highest BCUT2D eigenvalue weighted by Crippen LogP contribution is 2.49. The molecule has 6 heteroatoms. The van der Waals surface area contributed by atoms with E-state index >= 15 is 0 Å². The monoisotopic (exact) mass is 614 g/mol. The van der Waals surface area contributed by atoms with Crippen LogP contribution in [0.15, 0.2) is 143 Å². The second kappa shape index (κ2) is 9.44. The van der Waals surface area contributed by atoms with Crippen molar-refractivity contribution in [3.63, 3.8) is 0 Å². The molecular formula is C42H22N4O2. The van der Waals surface area contributed by atoms with Gasteiger partial charge < -0.3 is 8.83 Å². The topological polar surface area (TPSA) is 77.8 Å². The first-order chi connectivity index (χ1) is 23.8. The van der Waals surface area contributed by atoms with Crippen LogP contribution in [0.3, 0.4) is 0 Å². The highest BCUT2D eigenvalue weighted by molar-refractivity contribution is 6.19. The molecule has 4 aromatic heterocycles. The molecule has 11 rings (SSSR count). The van der Waals surface area contributed by atoms with Gasteiger partial charge in [0.25, 0.3) is 0 Å². The van der Waals surface area contributed by atoms with Gasteiger partial charge in [-0.15, -0.1) is 0 Å². The van der Waals surface area contributed by atoms with E-state index in [1.807, 2.05) is 60.8 Å². The van der Waals surface area contributed by atoms with Crippen LogP contribution in [0, 0.1) is 0 Å². The minimum absolute atomic E-state index is 0.559. The third-order valence-electron chi connectivity index (χ3n) is 9.61. The number of hydrogen-bond acceptors (Lipinski definition) is 6. The largest absolute Gasteiger partial charge is 0.456 e. The van der Waals surface area contributed by atoms with Crippen LogP contribution in [0.1, 0.15) is 0 Å². The Balaban J connectivity index is 1.24. The highest BCUT2D eigenvalue weighted by atomic mass is 16.3. The maximum atomic E-state index is 6.27. The summed E-state index contributed by atoms with van der Waals surface area (Å²) >= 11 is 0. The van der Waals surface area contributed by atoms with Crippen molar-refractivity contribution < 1.29 is 8.83 Å². The Labute approximate surface area is 273 Å². The number of hydrogen-bond donors (Lipinski definition) is 0. The molecule has 1 aliphatic rings. The van der Waals surface area contributed by atoms with Gasteiger partial charge in [0.05, 0.1) is 0 Å². The zero-order valence-corrected chi connectivity index (χ0v) is 25.3. The average molecular weight is 615 g/mol. The van der Waals surface area contributed by atoms with E-state index in [0.717, 1.165) is 66.0 Å². The van der Waals surface area contributed by atoms with Crippen LogP contribution >= 0.6 is 0 Å². The van der Waals surface area contributed by atoms with Crippen molar-refractivity contribution in [3.8, 4) is 56.4 Å². The predicted octanol–water partition coefficient (Wildman–Crippen LogP) is 10.9. The molecule has 6 nitrogen and oxygen atoms in total. The maximum Gasteiger partial charge on any atom is 0.164 e. The molecule has 0 unspecified atom stereocenters. The Morgan fingerprint density at radius 2 is 0.833 bits per heavy atom. The van der Waals surface area contributed by atoms with Crippen molar-refractivity contribution in [2.45, 2.75) is 0 Å². The van der Waals surface area contributed by atoms with Gasteiger partial charge in [0.2, 0.25) is 0 Å². The van der Waals surface area contributed by atoms with Gasteiger partial charge >= 0.3 is 0 Å². The van der Waals surface area contributed by atoms with Crippen molar-refractivity contribution in [2.75, 3.05) is 0 Å². The third kappa shape index (κ3) is 3.46. The number of furan rings is 2. The Morgan fingerprint density at radius 3 is 1.58 bits per heavy atom. The lowest BCUT2D eigenvalue weighted by atomic mass is 9.98. The molecule has 10 aromatic rings. The van der Waals surface area contributed by atoms with E-state index in [1.165, 1.54) is 27.6 Å². The van der Waals surface area contributed by atoms with E-state index in [0.29, 0.717) is 17.5 Å². The first kappa shape index (κ1) is 25.5. The normalized spacial score (nSPS) is 12.2. The molecule has 0 atom stereocenters. The van der Waals surface area contributed by atoms with Crippen molar-refractivity contribution in [1.29, 1.82) is 0 Å². The third-order valence-corrected chi connectivity index (χ3v) is 9.61. The Hall–Kier alpha value is -6.66. The fraction of sp³-hybridized carbons (Fsp3) is 0. The molecule has 0 spiro atoms. The minimum atomic E-state index is 0.559. The Kier molecular flexibility index (Phi) is 5.02. The lowest BCUT2D eigenvalue weighted by molar-refractivity contribution is 0.668. The number of para-hydroxylation sites is 1. The first-order valence-corrected chi connectivity index (χ1v) is 15.9. The quantitative estimate of drug-likeness (QED) is 0.197. The molecule has 0 saturated carbocycles. The van der Waals surface area contributed by atoms with Gasteiger partial charge in [0, 0.05) is 50.6 Å². The van der Waals surface area contributed by atoms with Gasteiger partial charge in [-0.05, 0) is 63.4 Å². The van der Waals surface area contributed by atoms with Crippen molar-refractivity contribution in [1.82, 2.24) is 19.9 Å². The summed E-state index contributed by atoms with van der Waals surface area (Å²) in [5.41, 5.74) is 10.8. The van der Waals surface area contributed by atoms with E-state index in [4.69, 9.17) is 23.8 Å². The maximum absolute atomic E-state index is 6.27. The number of benzene rings is 6. The van der Waals surface area contributed by atoms with E-state index in [1.54, 1.807) is 6.20 Å². The van der Waals surface area contributed by atoms with Crippen LogP contribution in [0.4, 0.5) is 0 Å². The van der Waals surface area contributed by atoms with Crippen LogP contribution in [0.2, 0.25) is 0 Å². The van der Waals surface area contributed by atoms with Crippen LogP contribution < -0.4 is 0 Å². The van der Waals surface area contributed by atoms with Gasteiger partial charge in [-0.25, -0.2) is 15.0 Å². The lowest BCUT2D eigenvalue weighted by Crippen LogP contribution is -2.01. The van der Waals surface area contributed by atoms with Crippen LogP contribution in [0.25, 0.3) is 111 Å². The molecule has 48 heavy (non-hydrogen) atoms. The zero-order chi connectivity index (χ0) is 31.3. The lowest BCUT2D eigenvalue weighted by Gasteiger charge is -2.12. The molecule has 4 heterocycles. The predicted molar refractivity (Wildman–Crippen MR) is 190 cm³/mol. The second-order valence-corrected chi connectivity index (χ2v) is 12.2. The number of fused-ring (bicyclic) bond motifs is 9. The Morgan fingerprint density at radius 1 is 0.333 bits per heavy atom. The molecule has 0 saturated heterocycles. The van der Waals surface area contributed by atoms with Crippen molar-refractivity contribution >= 4 is 54.6 Å². The van der Waals surface area contributed by atoms with Crippen LogP contribution in [0.5, 0.6) is 0 Å². The molecule has 6 aromatic carbocycles. The highest BCUT2D eigenvalue weighted by Gasteiger charge is 2.25. The van der Waals surface area contributed by atoms with E-state index in [2.05, 4.69) is 71.7 Å². The molecule has 222 valence electrons. The minimum Gasteiger partial charge on any atom is -0.456 e. The SMILES string of the molecule is c1ccc2c(c1)-c1cccc3c(-c4nc(-c5cccc6oc7ccccc7c56)nc(-c5cccc6oc7ccncc7c56)n4)ccc-2c13. The van der Waals surface area contributed by atoms with Gasteiger partial charge in [0.1, 0.15) is 22.3 Å². The van der Waals surface area contributed by atoms with Gasteiger partial charge in [-0.3, -0.25) is 4.98 Å². The molecule has 0 fully saturated rings. The standard InChI is InChI=1S/C42H22N4O2/c1-2-9-24-23(8-1)25-11-5-12-26-28(19-18-27(24)37(25)26)40-44-41(30-13-6-16-35-38(30)29-10-3-4-15-33(29)47-35)46-42(45-40)31-14-7-17-36-39(31)32-22-43-21-20-34(32)48-36/h1-22H. The van der Waals surface area contributed by atoms with Crippen LogP contribution in [-0.2, 0) is 0 Å². The molecule has 0 radical (unpaired) electrons. The number of aromatic nitrogens is 4. The average Bonchev–Trinajstić information content (AvgIpc) is 3.82. The van der Waals surface area contributed by atoms with E-state index in [-0.39, 0.29) is 0 Å². The summed E-state index contributed by atoms with van der Waals surface area (Å²) < 4.78 is 12.5. The van der Waals surface area contributed by atoms with Crippen molar-refractivity contribution in [2.24, 2.45) is 0 Å². The smallest absolute Gasteiger partial charge is 0.164 e. The summed E-state index contributed by atoms with van der Waals surface area (Å²) in [7, 11) is 0. The Bertz CT molecular complexity index is 2810. The number of rotatable bonds is 3. The van der Waals surface area contributed by atoms with Gasteiger partial charge in [-0.2, -0.15) is 0 Å². The van der Waals surface area contributed by atoms with E-state index in [9.17, 15) is 0 Å². The summed E-state index contributed by atoms with van der Waals surface area (Å²) in [5.74, 6) is 1.73. The van der Waals surface area contributed by atoms with Gasteiger partial charge in [-0.1, -0.05) is 91.0 Å². The molecule has 0 N–H and O–H groups in total. The second-order valence-electron chi connectivity index (χ2n) is 12.2. The number of pyridine rings is 1. The fourth-order valence-electron chi connectivity index (χ4n) is 7.56. The molecule has 0 amide bonds. The van der Waals surface area contributed by atoms with Gasteiger partial charge in [0.15, 0.2) is 17.5 Å². The van der Waals surface area contributed by atoms with E-state index < -0.39 is 0 Å². The summed E-state index contributed by atoms with van der Waals surface area (Å²) in [6, 6.07) is 41.5. The van der Waals surface area contributed by atoms with Crippen LogP contribution in [-0.4, -0.2) is 19.9 Å². The fourth-order valence-corrected chi connectivity index (χ4v) is 7.56. The molecular weight excluding hydrogens is 592 g/mol. The summed E-state index contributed by atoms with van der Waals surface area (Å²) in [5, 5.41) is 6.15. The zero-order valence-electron chi connectivity index (χ0n) is 25.3.